The molecule has 3 heterocycles. The van der Waals surface area contributed by atoms with Crippen LogP contribution >= 0.6 is 11.8 Å². The maximum atomic E-state index is 6.13. The molecule has 0 amide bonds. The lowest BCUT2D eigenvalue weighted by Crippen LogP contribution is -2.04. The minimum absolute atomic E-state index is 0.647. The van der Waals surface area contributed by atoms with Crippen LogP contribution in [-0.4, -0.2) is 21.0 Å². The van der Waals surface area contributed by atoms with E-state index < -0.39 is 0 Å². The van der Waals surface area contributed by atoms with Crippen molar-refractivity contribution in [1.82, 2.24) is 14.8 Å². The van der Waals surface area contributed by atoms with Crippen LogP contribution in [0.15, 0.2) is 151 Å². The van der Waals surface area contributed by atoms with E-state index in [0.29, 0.717) is 17.3 Å². The van der Waals surface area contributed by atoms with E-state index in [-0.39, 0.29) is 0 Å². The molecule has 0 radical (unpaired) electrons. The summed E-state index contributed by atoms with van der Waals surface area (Å²) in [6.07, 6.45) is 2.37. The molecule has 43 heavy (non-hydrogen) atoms. The third kappa shape index (κ3) is 4.90. The molecular weight excluding hydrogens is 552 g/mol. The van der Waals surface area contributed by atoms with Crippen LogP contribution in [0.1, 0.15) is 17.1 Å². The van der Waals surface area contributed by atoms with Crippen molar-refractivity contribution >= 4 is 56.4 Å². The number of hydrogen-bond acceptors (Lipinski definition) is 6. The van der Waals surface area contributed by atoms with Crippen molar-refractivity contribution in [2.45, 2.75) is 16.7 Å². The lowest BCUT2D eigenvalue weighted by atomic mass is 10.0. The molecule has 8 rings (SSSR count). The summed E-state index contributed by atoms with van der Waals surface area (Å²) in [7, 11) is 0. The molecule has 0 aliphatic rings. The van der Waals surface area contributed by atoms with Gasteiger partial charge in [0.05, 0.1) is 11.9 Å². The monoisotopic (exact) mass is 576 g/mol. The predicted octanol–water partition coefficient (Wildman–Crippen LogP) is 9.41. The lowest BCUT2D eigenvalue weighted by Gasteiger charge is -2.11. The van der Waals surface area contributed by atoms with Gasteiger partial charge in [-0.25, -0.2) is 0 Å². The zero-order chi connectivity index (χ0) is 28.6. The SMILES string of the molecule is C(=Nc1ccc2c(c1)oc1ccccc12)c1ccc(Sc2nnc(Cc3cccc4ccccc34)n2-c2ccccc2)o1. The summed E-state index contributed by atoms with van der Waals surface area (Å²) in [5, 5.41) is 15.3. The molecule has 0 bridgehead atoms. The molecule has 0 atom stereocenters. The van der Waals surface area contributed by atoms with E-state index in [2.05, 4.69) is 80.4 Å². The van der Waals surface area contributed by atoms with Gasteiger partial charge in [0.2, 0.25) is 5.16 Å². The van der Waals surface area contributed by atoms with Gasteiger partial charge in [-0.1, -0.05) is 78.9 Å². The van der Waals surface area contributed by atoms with Gasteiger partial charge in [0.25, 0.3) is 0 Å². The van der Waals surface area contributed by atoms with Crippen molar-refractivity contribution in [3.05, 3.63) is 145 Å². The molecule has 0 N–H and O–H groups in total. The highest BCUT2D eigenvalue weighted by Gasteiger charge is 2.18. The summed E-state index contributed by atoms with van der Waals surface area (Å²) in [5.74, 6) is 1.51. The number of aromatic nitrogens is 3. The minimum Gasteiger partial charge on any atom is -0.456 e. The van der Waals surface area contributed by atoms with Crippen LogP contribution in [0.4, 0.5) is 5.69 Å². The van der Waals surface area contributed by atoms with Crippen molar-refractivity contribution in [3.8, 4) is 5.69 Å². The summed E-state index contributed by atoms with van der Waals surface area (Å²) < 4.78 is 14.2. The molecule has 0 unspecified atom stereocenters. The molecule has 0 spiro atoms. The van der Waals surface area contributed by atoms with E-state index in [4.69, 9.17) is 8.83 Å². The summed E-state index contributed by atoms with van der Waals surface area (Å²) >= 11 is 1.44. The molecule has 5 aromatic carbocycles. The van der Waals surface area contributed by atoms with Crippen molar-refractivity contribution in [1.29, 1.82) is 0 Å². The molecule has 8 aromatic rings. The highest BCUT2D eigenvalue weighted by atomic mass is 32.2. The number of furan rings is 2. The molecule has 206 valence electrons. The van der Waals surface area contributed by atoms with Gasteiger partial charge in [0, 0.05) is 28.9 Å². The van der Waals surface area contributed by atoms with Crippen LogP contribution in [0.25, 0.3) is 38.4 Å². The van der Waals surface area contributed by atoms with E-state index >= 15 is 0 Å². The predicted molar refractivity (Wildman–Crippen MR) is 172 cm³/mol. The van der Waals surface area contributed by atoms with Gasteiger partial charge >= 0.3 is 0 Å². The van der Waals surface area contributed by atoms with Gasteiger partial charge < -0.3 is 8.83 Å². The van der Waals surface area contributed by atoms with Gasteiger partial charge in [0.15, 0.2) is 5.09 Å². The van der Waals surface area contributed by atoms with Gasteiger partial charge in [-0.15, -0.1) is 10.2 Å². The van der Waals surface area contributed by atoms with Crippen LogP contribution in [0.2, 0.25) is 0 Å². The number of nitrogens with zero attached hydrogens (tertiary/aromatic N) is 4. The Bertz CT molecular complexity index is 2260. The highest BCUT2D eigenvalue weighted by Crippen LogP contribution is 2.33. The van der Waals surface area contributed by atoms with Gasteiger partial charge in [-0.3, -0.25) is 9.56 Å². The van der Waals surface area contributed by atoms with Gasteiger partial charge in [-0.2, -0.15) is 0 Å². The quantitative estimate of drug-likeness (QED) is 0.177. The second-order valence-corrected chi connectivity index (χ2v) is 11.2. The average Bonchev–Trinajstić information content (AvgIpc) is 3.77. The number of para-hydroxylation sites is 2. The Morgan fingerprint density at radius 3 is 2.40 bits per heavy atom. The lowest BCUT2D eigenvalue weighted by molar-refractivity contribution is 0.468. The number of rotatable bonds is 7. The first-order chi connectivity index (χ1) is 21.3. The summed E-state index contributed by atoms with van der Waals surface area (Å²) in [4.78, 5) is 4.64. The van der Waals surface area contributed by atoms with Crippen LogP contribution < -0.4 is 0 Å². The van der Waals surface area contributed by atoms with Crippen molar-refractivity contribution < 1.29 is 8.83 Å². The molecule has 0 aliphatic carbocycles. The Kier molecular flexibility index (Phi) is 6.35. The normalized spacial score (nSPS) is 11.8. The molecule has 3 aromatic heterocycles. The van der Waals surface area contributed by atoms with Crippen LogP contribution in [0, 0.1) is 0 Å². The van der Waals surface area contributed by atoms with Crippen molar-refractivity contribution in [2.75, 3.05) is 0 Å². The molecular formula is C36H24N4O2S. The Balaban J connectivity index is 1.07. The Morgan fingerprint density at radius 1 is 0.674 bits per heavy atom. The summed E-state index contributed by atoms with van der Waals surface area (Å²) in [6.45, 7) is 0. The van der Waals surface area contributed by atoms with E-state index in [9.17, 15) is 0 Å². The first kappa shape index (κ1) is 25.3. The zero-order valence-corrected chi connectivity index (χ0v) is 23.7. The average molecular weight is 577 g/mol. The largest absolute Gasteiger partial charge is 0.456 e. The molecule has 0 aliphatic heterocycles. The molecule has 0 fully saturated rings. The third-order valence-electron chi connectivity index (χ3n) is 7.44. The van der Waals surface area contributed by atoms with E-state index in [0.717, 1.165) is 44.3 Å². The van der Waals surface area contributed by atoms with Crippen LogP contribution in [0.3, 0.4) is 0 Å². The standard InChI is InChI=1S/C36H24N4O2S/c1-2-12-27(13-3-1)40-34(21-25-11-8-10-24-9-4-5-14-29(24)25)38-39-36(40)43-35-20-18-28(41-35)23-37-26-17-19-31-30-15-6-7-16-32(30)42-33(31)22-26/h1-20,22-23H,21H2. The fraction of sp³-hybridized carbons (Fsp3) is 0.0278. The highest BCUT2D eigenvalue weighted by molar-refractivity contribution is 7.99. The molecule has 6 nitrogen and oxygen atoms in total. The maximum Gasteiger partial charge on any atom is 0.203 e. The fourth-order valence-corrected chi connectivity index (χ4v) is 6.25. The second-order valence-electron chi connectivity index (χ2n) is 10.2. The molecule has 0 saturated heterocycles. The van der Waals surface area contributed by atoms with Crippen LogP contribution in [-0.2, 0) is 6.42 Å². The van der Waals surface area contributed by atoms with E-state index in [1.54, 1.807) is 6.21 Å². The third-order valence-corrected chi connectivity index (χ3v) is 8.31. The summed E-state index contributed by atoms with van der Waals surface area (Å²) in [5.41, 5.74) is 4.68. The Labute approximate surface area is 251 Å². The fourth-order valence-electron chi connectivity index (χ4n) is 5.42. The topological polar surface area (TPSA) is 69.3 Å². The van der Waals surface area contributed by atoms with Crippen molar-refractivity contribution in [3.63, 3.8) is 0 Å². The summed E-state index contributed by atoms with van der Waals surface area (Å²) in [6, 6.07) is 42.9. The van der Waals surface area contributed by atoms with Crippen LogP contribution in [0.5, 0.6) is 0 Å². The second kappa shape index (κ2) is 10.8. The first-order valence-corrected chi connectivity index (χ1v) is 14.8. The van der Waals surface area contributed by atoms with E-state index in [1.807, 2.05) is 66.7 Å². The molecule has 0 saturated carbocycles. The van der Waals surface area contributed by atoms with Crippen molar-refractivity contribution in [2.24, 2.45) is 4.99 Å². The number of aliphatic imine (C=N–C) groups is 1. The molecule has 7 heteroatoms. The zero-order valence-electron chi connectivity index (χ0n) is 22.9. The Hall–Kier alpha value is -5.40. The number of hydrogen-bond donors (Lipinski definition) is 0. The smallest absolute Gasteiger partial charge is 0.203 e. The van der Waals surface area contributed by atoms with E-state index in [1.165, 1.54) is 28.1 Å². The minimum atomic E-state index is 0.647. The van der Waals surface area contributed by atoms with Gasteiger partial charge in [0.1, 0.15) is 22.8 Å². The first-order valence-electron chi connectivity index (χ1n) is 14.0. The number of fused-ring (bicyclic) bond motifs is 4. The Morgan fingerprint density at radius 2 is 1.47 bits per heavy atom. The van der Waals surface area contributed by atoms with Gasteiger partial charge in [-0.05, 0) is 70.6 Å². The maximum absolute atomic E-state index is 6.13. The number of benzene rings is 5.